The quantitative estimate of drug-likeness (QED) is 0.943. The molecule has 0 saturated heterocycles. The van der Waals surface area contributed by atoms with Crippen molar-refractivity contribution in [3.05, 3.63) is 59.2 Å². The maximum atomic E-state index is 12.5. The van der Waals surface area contributed by atoms with Crippen molar-refractivity contribution in [2.45, 2.75) is 25.4 Å². The summed E-state index contributed by atoms with van der Waals surface area (Å²) in [6.07, 6.45) is -1.73. The van der Waals surface area contributed by atoms with Crippen LogP contribution in [-0.2, 0) is 6.18 Å². The molecule has 7 heteroatoms. The highest BCUT2D eigenvalue weighted by molar-refractivity contribution is 5.94. The van der Waals surface area contributed by atoms with Crippen LogP contribution in [0.4, 0.5) is 13.2 Å². The van der Waals surface area contributed by atoms with Gasteiger partial charge in [0.2, 0.25) is 11.7 Å². The van der Waals surface area contributed by atoms with Crippen molar-refractivity contribution in [2.24, 2.45) is 5.73 Å². The van der Waals surface area contributed by atoms with Crippen molar-refractivity contribution in [3.63, 3.8) is 0 Å². The Bertz CT molecular complexity index is 668. The number of carbonyl (C=O) groups excluding carboxylic acids is 1. The molecule has 0 radical (unpaired) electrons. The predicted octanol–water partition coefficient (Wildman–Crippen LogP) is 3.14. The maximum Gasteiger partial charge on any atom is 0.451 e. The number of amides is 1. The molecule has 22 heavy (non-hydrogen) atoms. The molecule has 2 N–H and O–H groups in total. The molecule has 116 valence electrons. The lowest BCUT2D eigenvalue weighted by Gasteiger charge is -2.18. The Hall–Kier alpha value is -2.44. The highest BCUT2D eigenvalue weighted by Crippen LogP contribution is 2.31. The first-order chi connectivity index (χ1) is 10.3. The van der Waals surface area contributed by atoms with Crippen LogP contribution in [0.2, 0.25) is 0 Å². The fourth-order valence-corrected chi connectivity index (χ4v) is 2.32. The van der Waals surface area contributed by atoms with E-state index in [1.807, 2.05) is 6.92 Å². The van der Waals surface area contributed by atoms with Gasteiger partial charge in [0, 0.05) is 23.9 Å². The molecule has 1 atom stereocenters. The average molecular weight is 309 g/mol. The summed E-state index contributed by atoms with van der Waals surface area (Å²) in [6.45, 7) is 1.86. The first kappa shape index (κ1) is 15.9. The van der Waals surface area contributed by atoms with Crippen molar-refractivity contribution in [1.82, 2.24) is 9.97 Å². The first-order valence-electron chi connectivity index (χ1n) is 6.62. The molecule has 0 bridgehead atoms. The zero-order chi connectivity index (χ0) is 16.3. The monoisotopic (exact) mass is 309 g/mol. The maximum absolute atomic E-state index is 12.5. The summed E-state index contributed by atoms with van der Waals surface area (Å²) in [7, 11) is 0. The van der Waals surface area contributed by atoms with E-state index in [2.05, 4.69) is 9.97 Å². The number of nitrogens with zero attached hydrogens (tertiary/aromatic N) is 2. The molecule has 4 nitrogen and oxygen atoms in total. The number of hydrogen-bond acceptors (Lipinski definition) is 3. The van der Waals surface area contributed by atoms with Crippen molar-refractivity contribution in [3.8, 4) is 0 Å². The van der Waals surface area contributed by atoms with Crippen LogP contribution in [0.5, 0.6) is 0 Å². The predicted molar refractivity (Wildman–Crippen MR) is 74.1 cm³/mol. The molecule has 0 aliphatic carbocycles. The zero-order valence-electron chi connectivity index (χ0n) is 11.8. The van der Waals surface area contributed by atoms with Crippen LogP contribution in [0, 0.1) is 0 Å². The van der Waals surface area contributed by atoms with Gasteiger partial charge in [-0.2, -0.15) is 13.2 Å². The topological polar surface area (TPSA) is 68.9 Å². The highest BCUT2D eigenvalue weighted by Gasteiger charge is 2.34. The zero-order valence-corrected chi connectivity index (χ0v) is 11.8. The van der Waals surface area contributed by atoms with Crippen LogP contribution in [0.25, 0.3) is 0 Å². The standard InChI is InChI=1S/C15H14F3N3O/c1-2-10(11-5-3-4-6-12(11)13(19)22)9-7-20-14(21-8-9)15(16,17)18/h3-8,10H,2H2,1H3,(H2,19,22)/t10-/m0/s1. The molecule has 0 saturated carbocycles. The van der Waals surface area contributed by atoms with E-state index in [1.165, 1.54) is 0 Å². The van der Waals surface area contributed by atoms with Crippen LogP contribution in [-0.4, -0.2) is 15.9 Å². The minimum absolute atomic E-state index is 0.300. The van der Waals surface area contributed by atoms with E-state index < -0.39 is 17.9 Å². The van der Waals surface area contributed by atoms with Gasteiger partial charge in [0.15, 0.2) is 0 Å². The smallest absolute Gasteiger partial charge is 0.366 e. The normalized spacial score (nSPS) is 12.9. The van der Waals surface area contributed by atoms with Crippen LogP contribution in [0.1, 0.15) is 46.6 Å². The van der Waals surface area contributed by atoms with Crippen LogP contribution in [0.3, 0.4) is 0 Å². The van der Waals surface area contributed by atoms with E-state index in [0.717, 1.165) is 12.4 Å². The first-order valence-corrected chi connectivity index (χ1v) is 6.62. The van der Waals surface area contributed by atoms with Crippen LogP contribution < -0.4 is 5.73 Å². The highest BCUT2D eigenvalue weighted by atomic mass is 19.4. The Balaban J connectivity index is 2.43. The Morgan fingerprint density at radius 3 is 2.32 bits per heavy atom. The molecule has 0 spiro atoms. The number of aromatic nitrogens is 2. The van der Waals surface area contributed by atoms with Gasteiger partial charge >= 0.3 is 6.18 Å². The molecule has 1 aromatic heterocycles. The second-order valence-corrected chi connectivity index (χ2v) is 4.75. The number of rotatable bonds is 4. The lowest BCUT2D eigenvalue weighted by atomic mass is 9.87. The van der Waals surface area contributed by atoms with Gasteiger partial charge in [0.05, 0.1) is 0 Å². The molecular formula is C15H14F3N3O. The van der Waals surface area contributed by atoms with Crippen LogP contribution in [0.15, 0.2) is 36.7 Å². The van der Waals surface area contributed by atoms with Gasteiger partial charge in [-0.15, -0.1) is 0 Å². The van der Waals surface area contributed by atoms with Crippen molar-refractivity contribution < 1.29 is 18.0 Å². The number of carbonyl (C=O) groups is 1. The third-order valence-corrected chi connectivity index (χ3v) is 3.34. The Morgan fingerprint density at radius 2 is 1.82 bits per heavy atom. The molecule has 1 amide bonds. The molecule has 0 aliphatic rings. The fourth-order valence-electron chi connectivity index (χ4n) is 2.32. The summed E-state index contributed by atoms with van der Waals surface area (Å²) in [4.78, 5) is 18.2. The SMILES string of the molecule is CC[C@@H](c1cnc(C(F)(F)F)nc1)c1ccccc1C(N)=O. The lowest BCUT2D eigenvalue weighted by Crippen LogP contribution is -2.16. The van der Waals surface area contributed by atoms with Gasteiger partial charge in [0.25, 0.3) is 0 Å². The summed E-state index contributed by atoms with van der Waals surface area (Å²) in [5.74, 6) is -2.07. The van der Waals surface area contributed by atoms with Gasteiger partial charge in [-0.25, -0.2) is 9.97 Å². The Morgan fingerprint density at radius 1 is 1.23 bits per heavy atom. The lowest BCUT2D eigenvalue weighted by molar-refractivity contribution is -0.145. The second-order valence-electron chi connectivity index (χ2n) is 4.75. The number of hydrogen-bond donors (Lipinski definition) is 1. The summed E-state index contributed by atoms with van der Waals surface area (Å²) in [6, 6.07) is 6.74. The number of benzene rings is 1. The Kier molecular flexibility index (Phi) is 4.44. The second kappa shape index (κ2) is 6.13. The van der Waals surface area contributed by atoms with E-state index in [0.29, 0.717) is 23.1 Å². The van der Waals surface area contributed by atoms with E-state index >= 15 is 0 Å². The molecule has 0 aliphatic heterocycles. The van der Waals surface area contributed by atoms with Crippen LogP contribution >= 0.6 is 0 Å². The molecular weight excluding hydrogens is 295 g/mol. The summed E-state index contributed by atoms with van der Waals surface area (Å²) < 4.78 is 37.5. The molecule has 0 fully saturated rings. The summed E-state index contributed by atoms with van der Waals surface area (Å²) in [5, 5.41) is 0. The van der Waals surface area contributed by atoms with E-state index in [9.17, 15) is 18.0 Å². The number of primary amides is 1. The largest absolute Gasteiger partial charge is 0.451 e. The third kappa shape index (κ3) is 3.24. The van der Waals surface area contributed by atoms with E-state index in [4.69, 9.17) is 5.73 Å². The van der Waals surface area contributed by atoms with E-state index in [1.54, 1.807) is 24.3 Å². The van der Waals surface area contributed by atoms with Gasteiger partial charge in [-0.05, 0) is 23.6 Å². The van der Waals surface area contributed by atoms with Gasteiger partial charge < -0.3 is 5.73 Å². The van der Waals surface area contributed by atoms with Gasteiger partial charge in [-0.3, -0.25) is 4.79 Å². The van der Waals surface area contributed by atoms with Crippen molar-refractivity contribution >= 4 is 5.91 Å². The molecule has 2 aromatic rings. The molecule has 2 rings (SSSR count). The fraction of sp³-hybridized carbons (Fsp3) is 0.267. The third-order valence-electron chi connectivity index (χ3n) is 3.34. The summed E-state index contributed by atoms with van der Waals surface area (Å²) in [5.41, 5.74) is 6.85. The minimum Gasteiger partial charge on any atom is -0.366 e. The average Bonchev–Trinajstić information content (AvgIpc) is 2.48. The molecule has 1 heterocycles. The summed E-state index contributed by atoms with van der Waals surface area (Å²) >= 11 is 0. The molecule has 0 unspecified atom stereocenters. The van der Waals surface area contributed by atoms with Gasteiger partial charge in [0.1, 0.15) is 0 Å². The number of halogens is 3. The minimum atomic E-state index is -4.58. The number of alkyl halides is 3. The molecule has 1 aromatic carbocycles. The van der Waals surface area contributed by atoms with Crippen molar-refractivity contribution in [2.75, 3.05) is 0 Å². The van der Waals surface area contributed by atoms with Gasteiger partial charge in [-0.1, -0.05) is 25.1 Å². The van der Waals surface area contributed by atoms with E-state index in [-0.39, 0.29) is 5.92 Å². The Labute approximate surface area is 125 Å². The number of nitrogens with two attached hydrogens (primary N) is 1. The van der Waals surface area contributed by atoms with Crippen molar-refractivity contribution in [1.29, 1.82) is 0 Å².